The molecule has 0 amide bonds. The smallest absolute Gasteiger partial charge is 0.231 e. The Morgan fingerprint density at radius 2 is 1.97 bits per heavy atom. The van der Waals surface area contributed by atoms with Gasteiger partial charge in [-0.3, -0.25) is 4.99 Å². The van der Waals surface area contributed by atoms with Crippen molar-refractivity contribution in [1.29, 1.82) is 0 Å². The number of guanidine groups is 1. The van der Waals surface area contributed by atoms with Gasteiger partial charge < -0.3 is 29.2 Å². The minimum Gasteiger partial charge on any atom is -0.493 e. The van der Waals surface area contributed by atoms with Crippen LogP contribution in [-0.4, -0.2) is 52.1 Å². The van der Waals surface area contributed by atoms with Crippen LogP contribution in [0, 0.1) is 0 Å². The molecule has 1 N–H and O–H groups in total. The summed E-state index contributed by atoms with van der Waals surface area (Å²) in [6, 6.07) is 14.1. The largest absolute Gasteiger partial charge is 0.493 e. The Morgan fingerprint density at radius 3 is 2.79 bits per heavy atom. The molecule has 2 aromatic carbocycles. The lowest BCUT2D eigenvalue weighted by molar-refractivity contribution is 0.172. The first kappa shape index (κ1) is 20.8. The maximum Gasteiger partial charge on any atom is 0.231 e. The van der Waals surface area contributed by atoms with Crippen LogP contribution in [0.4, 0.5) is 0 Å². The molecule has 0 aromatic heterocycles. The minimum atomic E-state index is 0.285. The summed E-state index contributed by atoms with van der Waals surface area (Å²) in [5.41, 5.74) is 2.26. The maximum absolute atomic E-state index is 5.77. The molecule has 2 aromatic rings. The fourth-order valence-electron chi connectivity index (χ4n) is 3.09. The van der Waals surface area contributed by atoms with Crippen molar-refractivity contribution in [1.82, 2.24) is 10.2 Å². The molecular weight excluding hydrogens is 370 g/mol. The molecule has 0 spiro atoms. The Kier molecular flexibility index (Phi) is 7.58. The SMILES string of the molecule is CN=C(NCc1cccc(OCCCOC)c1)N(C)Cc1ccc2c(c1)OCO2. The first-order chi connectivity index (χ1) is 14.2. The number of nitrogens with zero attached hydrogens (tertiary/aromatic N) is 2. The molecule has 7 nitrogen and oxygen atoms in total. The molecule has 1 aliphatic rings. The first-order valence-corrected chi connectivity index (χ1v) is 9.70. The van der Waals surface area contributed by atoms with Crippen LogP contribution in [0.1, 0.15) is 17.5 Å². The summed E-state index contributed by atoms with van der Waals surface area (Å²) in [7, 11) is 5.49. The standard InChI is InChI=1S/C22H29N3O4/c1-23-22(25(2)15-18-8-9-20-21(13-18)29-16-28-20)24-14-17-6-4-7-19(12-17)27-11-5-10-26-3/h4,6-9,12-13H,5,10-11,14-16H2,1-3H3,(H,23,24). The van der Waals surface area contributed by atoms with Gasteiger partial charge in [0.05, 0.1) is 6.61 Å². The van der Waals surface area contributed by atoms with E-state index < -0.39 is 0 Å². The second kappa shape index (κ2) is 10.6. The van der Waals surface area contributed by atoms with E-state index in [1.54, 1.807) is 14.2 Å². The molecule has 156 valence electrons. The summed E-state index contributed by atoms with van der Waals surface area (Å²) in [6.45, 7) is 3.00. The number of benzene rings is 2. The third-order valence-electron chi connectivity index (χ3n) is 4.54. The van der Waals surface area contributed by atoms with Gasteiger partial charge in [0.25, 0.3) is 0 Å². The number of nitrogens with one attached hydrogen (secondary N) is 1. The molecule has 0 atom stereocenters. The van der Waals surface area contributed by atoms with Crippen molar-refractivity contribution >= 4 is 5.96 Å². The highest BCUT2D eigenvalue weighted by atomic mass is 16.7. The molecule has 0 aliphatic carbocycles. The van der Waals surface area contributed by atoms with E-state index in [0.29, 0.717) is 26.3 Å². The van der Waals surface area contributed by atoms with Gasteiger partial charge in [-0.15, -0.1) is 0 Å². The molecule has 0 saturated heterocycles. The summed E-state index contributed by atoms with van der Waals surface area (Å²) in [5, 5.41) is 3.41. The Bertz CT molecular complexity index is 825. The molecule has 1 heterocycles. The van der Waals surface area contributed by atoms with Gasteiger partial charge in [-0.2, -0.15) is 0 Å². The van der Waals surface area contributed by atoms with Crippen molar-refractivity contribution in [2.24, 2.45) is 4.99 Å². The van der Waals surface area contributed by atoms with E-state index in [0.717, 1.165) is 40.8 Å². The van der Waals surface area contributed by atoms with E-state index in [1.165, 1.54) is 0 Å². The van der Waals surface area contributed by atoms with Gasteiger partial charge >= 0.3 is 0 Å². The van der Waals surface area contributed by atoms with Gasteiger partial charge in [0.1, 0.15) is 5.75 Å². The molecule has 0 saturated carbocycles. The van der Waals surface area contributed by atoms with Crippen LogP contribution in [0.15, 0.2) is 47.5 Å². The molecule has 0 unspecified atom stereocenters. The topological polar surface area (TPSA) is 64.6 Å². The maximum atomic E-state index is 5.77. The van der Waals surface area contributed by atoms with E-state index in [1.807, 2.05) is 43.4 Å². The van der Waals surface area contributed by atoms with Crippen molar-refractivity contribution in [3.05, 3.63) is 53.6 Å². The fourth-order valence-corrected chi connectivity index (χ4v) is 3.09. The van der Waals surface area contributed by atoms with Gasteiger partial charge in [-0.25, -0.2) is 0 Å². The quantitative estimate of drug-likeness (QED) is 0.397. The Balaban J connectivity index is 1.52. The summed E-state index contributed by atoms with van der Waals surface area (Å²) in [5.74, 6) is 3.27. The van der Waals surface area contributed by atoms with Crippen molar-refractivity contribution in [3.8, 4) is 17.2 Å². The predicted octanol–water partition coefficient (Wildman–Crippen LogP) is 3.04. The summed E-state index contributed by atoms with van der Waals surface area (Å²) < 4.78 is 21.7. The van der Waals surface area contributed by atoms with Crippen LogP contribution in [0.3, 0.4) is 0 Å². The van der Waals surface area contributed by atoms with E-state index >= 15 is 0 Å². The van der Waals surface area contributed by atoms with Gasteiger partial charge in [0, 0.05) is 47.3 Å². The zero-order chi connectivity index (χ0) is 20.5. The number of methoxy groups -OCH3 is 1. The first-order valence-electron chi connectivity index (χ1n) is 9.70. The molecule has 0 bridgehead atoms. The van der Waals surface area contributed by atoms with E-state index in [4.69, 9.17) is 18.9 Å². The van der Waals surface area contributed by atoms with Crippen molar-refractivity contribution in [3.63, 3.8) is 0 Å². The number of fused-ring (bicyclic) bond motifs is 1. The average molecular weight is 399 g/mol. The van der Waals surface area contributed by atoms with Crippen LogP contribution < -0.4 is 19.5 Å². The van der Waals surface area contributed by atoms with Crippen LogP contribution in [0.2, 0.25) is 0 Å². The van der Waals surface area contributed by atoms with E-state index in [-0.39, 0.29) is 6.79 Å². The highest BCUT2D eigenvalue weighted by Crippen LogP contribution is 2.32. The Labute approximate surface area is 172 Å². The highest BCUT2D eigenvalue weighted by molar-refractivity contribution is 5.79. The van der Waals surface area contributed by atoms with Crippen LogP contribution in [0.5, 0.6) is 17.2 Å². The normalized spacial score (nSPS) is 12.7. The molecular formula is C22H29N3O4. The summed E-state index contributed by atoms with van der Waals surface area (Å²) in [4.78, 5) is 6.47. The monoisotopic (exact) mass is 399 g/mol. The number of hydrogen-bond donors (Lipinski definition) is 1. The molecule has 0 fully saturated rings. The fraction of sp³-hybridized carbons (Fsp3) is 0.409. The minimum absolute atomic E-state index is 0.285. The number of rotatable bonds is 9. The van der Waals surface area contributed by atoms with Gasteiger partial charge in [0.2, 0.25) is 6.79 Å². The second-order valence-corrected chi connectivity index (χ2v) is 6.79. The third kappa shape index (κ3) is 6.02. The average Bonchev–Trinajstić information content (AvgIpc) is 3.20. The van der Waals surface area contributed by atoms with Crippen molar-refractivity contribution < 1.29 is 18.9 Å². The predicted molar refractivity (Wildman–Crippen MR) is 113 cm³/mol. The van der Waals surface area contributed by atoms with Crippen molar-refractivity contribution in [2.75, 3.05) is 41.2 Å². The lowest BCUT2D eigenvalue weighted by Crippen LogP contribution is -2.38. The number of hydrogen-bond acceptors (Lipinski definition) is 5. The highest BCUT2D eigenvalue weighted by Gasteiger charge is 2.14. The van der Waals surface area contributed by atoms with Crippen LogP contribution in [0.25, 0.3) is 0 Å². The molecule has 7 heteroatoms. The number of aliphatic imine (C=N–C) groups is 1. The molecule has 29 heavy (non-hydrogen) atoms. The lowest BCUT2D eigenvalue weighted by atomic mass is 10.2. The zero-order valence-electron chi connectivity index (χ0n) is 17.3. The second-order valence-electron chi connectivity index (χ2n) is 6.79. The summed E-state index contributed by atoms with van der Waals surface area (Å²) in [6.07, 6.45) is 0.871. The number of ether oxygens (including phenoxy) is 4. The Morgan fingerprint density at radius 1 is 1.10 bits per heavy atom. The van der Waals surface area contributed by atoms with Gasteiger partial charge in [0.15, 0.2) is 17.5 Å². The summed E-state index contributed by atoms with van der Waals surface area (Å²) >= 11 is 0. The third-order valence-corrected chi connectivity index (χ3v) is 4.54. The van der Waals surface area contributed by atoms with Crippen LogP contribution >= 0.6 is 0 Å². The van der Waals surface area contributed by atoms with Crippen molar-refractivity contribution in [2.45, 2.75) is 19.5 Å². The molecule has 0 radical (unpaired) electrons. The van der Waals surface area contributed by atoms with Crippen LogP contribution in [-0.2, 0) is 17.8 Å². The lowest BCUT2D eigenvalue weighted by Gasteiger charge is -2.22. The molecule has 3 rings (SSSR count). The van der Waals surface area contributed by atoms with Gasteiger partial charge in [-0.1, -0.05) is 18.2 Å². The zero-order valence-corrected chi connectivity index (χ0v) is 17.3. The molecule has 1 aliphatic heterocycles. The Hall–Kier alpha value is -2.93. The van der Waals surface area contributed by atoms with Gasteiger partial charge in [-0.05, 0) is 35.4 Å². The van der Waals surface area contributed by atoms with E-state index in [9.17, 15) is 0 Å². The van der Waals surface area contributed by atoms with E-state index in [2.05, 4.69) is 21.3 Å².